The van der Waals surface area contributed by atoms with Crippen LogP contribution in [0.25, 0.3) is 0 Å². The van der Waals surface area contributed by atoms with E-state index < -0.39 is 3.43 Å². The van der Waals surface area contributed by atoms with Crippen LogP contribution in [0.15, 0.2) is 91.0 Å². The Morgan fingerprint density at radius 1 is 0.696 bits per heavy atom. The molecule has 23 heavy (non-hydrogen) atoms. The molecule has 0 bridgehead atoms. The number of hydrogen-bond donors (Lipinski definition) is 0. The molecule has 0 fully saturated rings. The number of para-hydroxylation sites is 1. The third kappa shape index (κ3) is 3.32. The van der Waals surface area contributed by atoms with E-state index in [1.165, 1.54) is 0 Å². The molecule has 0 N–H and O–H groups in total. The van der Waals surface area contributed by atoms with Gasteiger partial charge in [-0.25, -0.2) is 0 Å². The van der Waals surface area contributed by atoms with Crippen molar-refractivity contribution in [1.82, 2.24) is 0 Å². The van der Waals surface area contributed by atoms with Gasteiger partial charge >= 0.3 is 149 Å². The summed E-state index contributed by atoms with van der Waals surface area (Å²) in [6, 6.07) is 28.9. The number of benzene rings is 3. The first kappa shape index (κ1) is 15.8. The van der Waals surface area contributed by atoms with Crippen LogP contribution in [0.5, 0.6) is 5.75 Å². The van der Waals surface area contributed by atoms with Crippen LogP contribution in [0.1, 0.15) is 11.1 Å². The molecule has 0 spiro atoms. The van der Waals surface area contributed by atoms with Crippen molar-refractivity contribution in [3.8, 4) is 5.75 Å². The summed E-state index contributed by atoms with van der Waals surface area (Å²) in [5.74, 6) is 0.339. The Balaban J connectivity index is 2.04. The molecule has 3 aromatic carbocycles. The van der Waals surface area contributed by atoms with Crippen LogP contribution < -0.4 is 4.74 Å². The number of ether oxygens (including phenoxy) is 1. The summed E-state index contributed by atoms with van der Waals surface area (Å²) >= 11 is 0.696. The normalized spacial score (nSPS) is 11.0. The van der Waals surface area contributed by atoms with E-state index in [-0.39, 0.29) is 5.97 Å². The van der Waals surface area contributed by atoms with Crippen molar-refractivity contribution in [2.75, 3.05) is 0 Å². The summed E-state index contributed by atoms with van der Waals surface area (Å²) in [6.07, 6.45) is 0. The Morgan fingerprint density at radius 3 is 1.52 bits per heavy atom. The number of esters is 1. The van der Waals surface area contributed by atoms with E-state index in [1.807, 2.05) is 78.9 Å². The predicted octanol–water partition coefficient (Wildman–Crippen LogP) is 3.44. The second-order valence-corrected chi connectivity index (χ2v) is 7.71. The fourth-order valence-corrected chi connectivity index (χ4v) is 3.75. The van der Waals surface area contributed by atoms with Gasteiger partial charge in [-0.15, -0.1) is 0 Å². The Labute approximate surface area is 149 Å². The van der Waals surface area contributed by atoms with E-state index >= 15 is 0 Å². The zero-order valence-electron chi connectivity index (χ0n) is 12.6. The SMILES string of the molecule is O=C(Oc1ccccc1)[C]([SnH])(c1ccccc1)c1ccccc1. The second kappa shape index (κ2) is 7.00. The molecule has 2 nitrogen and oxygen atoms in total. The van der Waals surface area contributed by atoms with Gasteiger partial charge in [0, 0.05) is 0 Å². The van der Waals surface area contributed by atoms with E-state index in [2.05, 4.69) is 0 Å². The van der Waals surface area contributed by atoms with Gasteiger partial charge < -0.3 is 0 Å². The Kier molecular flexibility index (Phi) is 4.81. The molecule has 3 rings (SSSR count). The van der Waals surface area contributed by atoms with Crippen molar-refractivity contribution in [2.45, 2.75) is 3.43 Å². The Bertz CT molecular complexity index is 731. The minimum atomic E-state index is -0.733. The quantitative estimate of drug-likeness (QED) is 0.377. The fraction of sp³-hybridized carbons (Fsp3) is 0.0500. The monoisotopic (exact) mass is 408 g/mol. The molecule has 0 aromatic heterocycles. The van der Waals surface area contributed by atoms with Crippen molar-refractivity contribution in [3.05, 3.63) is 102 Å². The molecule has 0 heterocycles. The molecule has 0 saturated heterocycles. The molecule has 2 radical (unpaired) electrons. The summed E-state index contributed by atoms with van der Waals surface area (Å²) in [4.78, 5) is 13.0. The van der Waals surface area contributed by atoms with E-state index in [1.54, 1.807) is 12.1 Å². The molecule has 112 valence electrons. The van der Waals surface area contributed by atoms with Crippen LogP contribution in [-0.2, 0) is 8.23 Å². The number of hydrogen-bond acceptors (Lipinski definition) is 2. The first-order valence-electron chi connectivity index (χ1n) is 7.38. The van der Waals surface area contributed by atoms with Crippen LogP contribution in [0, 0.1) is 0 Å². The first-order valence-corrected chi connectivity index (χ1v) is 9.03. The molecule has 0 aliphatic heterocycles. The fourth-order valence-electron chi connectivity index (χ4n) is 2.48. The van der Waals surface area contributed by atoms with Gasteiger partial charge in [0.1, 0.15) is 0 Å². The third-order valence-corrected chi connectivity index (χ3v) is 6.31. The van der Waals surface area contributed by atoms with E-state index in [0.29, 0.717) is 28.3 Å². The molecule has 3 aromatic rings. The number of rotatable bonds is 4. The topological polar surface area (TPSA) is 26.3 Å². The Morgan fingerprint density at radius 2 is 1.09 bits per heavy atom. The van der Waals surface area contributed by atoms with Gasteiger partial charge in [-0.2, -0.15) is 0 Å². The average Bonchev–Trinajstić information content (AvgIpc) is 2.63. The van der Waals surface area contributed by atoms with E-state index in [0.717, 1.165) is 11.1 Å². The first-order chi connectivity index (χ1) is 11.2. The van der Waals surface area contributed by atoms with Crippen LogP contribution in [0.4, 0.5) is 0 Å². The standard InChI is InChI=1S/C20H15O2.Sn.H/c21-20(22-18-14-8-3-9-15-18)19(16-10-4-1-5-11-16)17-12-6-2-7-13-17;;/h1-15H;;. The van der Waals surface area contributed by atoms with Gasteiger partial charge in [0.15, 0.2) is 0 Å². The summed E-state index contributed by atoms with van der Waals surface area (Å²) in [7, 11) is 0. The van der Waals surface area contributed by atoms with E-state index in [4.69, 9.17) is 4.74 Å². The number of carbonyl (C=O) groups excluding carboxylic acids is 1. The van der Waals surface area contributed by atoms with Gasteiger partial charge in [-0.1, -0.05) is 0 Å². The second-order valence-electron chi connectivity index (χ2n) is 5.24. The van der Waals surface area contributed by atoms with Gasteiger partial charge in [0.25, 0.3) is 0 Å². The van der Waals surface area contributed by atoms with Crippen molar-refractivity contribution >= 4 is 28.5 Å². The molecule has 0 amide bonds. The zero-order valence-corrected chi connectivity index (χ0v) is 15.8. The molecule has 0 atom stereocenters. The molecular formula is C20H16O2Sn. The van der Waals surface area contributed by atoms with Crippen molar-refractivity contribution in [1.29, 1.82) is 0 Å². The molecule has 0 saturated carbocycles. The van der Waals surface area contributed by atoms with Crippen molar-refractivity contribution in [3.63, 3.8) is 0 Å². The summed E-state index contributed by atoms with van der Waals surface area (Å²) < 4.78 is 4.95. The van der Waals surface area contributed by atoms with Gasteiger partial charge in [-0.3, -0.25) is 0 Å². The van der Waals surface area contributed by atoms with Crippen LogP contribution in [0.2, 0.25) is 0 Å². The molecular weight excluding hydrogens is 391 g/mol. The predicted molar refractivity (Wildman–Crippen MR) is 92.9 cm³/mol. The summed E-state index contributed by atoms with van der Waals surface area (Å²) in [5, 5.41) is 0. The Hall–Kier alpha value is -2.07. The van der Waals surface area contributed by atoms with Crippen molar-refractivity contribution < 1.29 is 9.53 Å². The summed E-state index contributed by atoms with van der Waals surface area (Å²) in [6.45, 7) is 0. The van der Waals surface area contributed by atoms with Crippen molar-refractivity contribution in [2.24, 2.45) is 0 Å². The average molecular weight is 407 g/mol. The zero-order chi connectivity index (χ0) is 16.1. The molecule has 0 unspecified atom stereocenters. The van der Waals surface area contributed by atoms with Crippen LogP contribution in [0.3, 0.4) is 0 Å². The molecule has 0 aliphatic rings. The molecule has 0 aliphatic carbocycles. The van der Waals surface area contributed by atoms with Gasteiger partial charge in [0.2, 0.25) is 0 Å². The maximum absolute atomic E-state index is 13.0. The van der Waals surface area contributed by atoms with Gasteiger partial charge in [-0.05, 0) is 0 Å². The maximum atomic E-state index is 13.0. The van der Waals surface area contributed by atoms with Gasteiger partial charge in [0.05, 0.1) is 0 Å². The van der Waals surface area contributed by atoms with Crippen LogP contribution >= 0.6 is 0 Å². The summed E-state index contributed by atoms with van der Waals surface area (Å²) in [5.41, 5.74) is 1.93. The third-order valence-electron chi connectivity index (χ3n) is 3.73. The van der Waals surface area contributed by atoms with E-state index in [9.17, 15) is 4.79 Å². The minimum absolute atomic E-state index is 0.233. The number of carbonyl (C=O) groups is 1. The molecule has 3 heteroatoms. The van der Waals surface area contributed by atoms with Crippen LogP contribution in [-0.4, -0.2) is 28.5 Å².